The van der Waals surface area contributed by atoms with E-state index < -0.39 is 0 Å². The molecule has 2 heterocycles. The molecule has 142 valence electrons. The van der Waals surface area contributed by atoms with Gasteiger partial charge in [0.2, 0.25) is 11.8 Å². The molecular weight excluding hydrogens is 358 g/mol. The summed E-state index contributed by atoms with van der Waals surface area (Å²) in [4.78, 5) is 39.5. The molecule has 7 heteroatoms. The third kappa shape index (κ3) is 2.35. The van der Waals surface area contributed by atoms with Crippen LogP contribution in [0.15, 0.2) is 46.5 Å². The van der Waals surface area contributed by atoms with Gasteiger partial charge in [-0.25, -0.2) is 0 Å². The molecule has 1 saturated heterocycles. The molecule has 2 bridgehead atoms. The van der Waals surface area contributed by atoms with E-state index in [0.29, 0.717) is 22.8 Å². The maximum atomic E-state index is 13.0. The van der Waals surface area contributed by atoms with Crippen LogP contribution in [0.25, 0.3) is 0 Å². The minimum Gasteiger partial charge on any atom is -0.360 e. The molecule has 7 nitrogen and oxygen atoms in total. The highest BCUT2D eigenvalue weighted by atomic mass is 16.5. The van der Waals surface area contributed by atoms with E-state index in [0.717, 1.165) is 6.42 Å². The Labute approximate surface area is 161 Å². The Morgan fingerprint density at radius 2 is 1.86 bits per heavy atom. The van der Waals surface area contributed by atoms with Crippen molar-refractivity contribution < 1.29 is 18.9 Å². The van der Waals surface area contributed by atoms with Gasteiger partial charge in [0.25, 0.3) is 5.91 Å². The van der Waals surface area contributed by atoms with E-state index >= 15 is 0 Å². The Balaban J connectivity index is 1.36. The van der Waals surface area contributed by atoms with Crippen LogP contribution in [0.3, 0.4) is 0 Å². The Kier molecular flexibility index (Phi) is 3.56. The van der Waals surface area contributed by atoms with Crippen LogP contribution in [-0.2, 0) is 9.59 Å². The lowest BCUT2D eigenvalue weighted by Crippen LogP contribution is -2.33. The van der Waals surface area contributed by atoms with Crippen molar-refractivity contribution in [3.05, 3.63) is 53.3 Å². The maximum absolute atomic E-state index is 13.0. The minimum absolute atomic E-state index is 0.120. The maximum Gasteiger partial charge on any atom is 0.256 e. The quantitative estimate of drug-likeness (QED) is 0.656. The van der Waals surface area contributed by atoms with Gasteiger partial charge in [-0.05, 0) is 56.4 Å². The van der Waals surface area contributed by atoms with Gasteiger partial charge in [-0.1, -0.05) is 16.8 Å². The van der Waals surface area contributed by atoms with Gasteiger partial charge in [-0.15, -0.1) is 0 Å². The van der Waals surface area contributed by atoms with E-state index in [-0.39, 0.29) is 41.4 Å². The number of nitrogens with one attached hydrogen (secondary N) is 1. The molecule has 3 aliphatic rings. The van der Waals surface area contributed by atoms with E-state index in [2.05, 4.69) is 16.5 Å². The van der Waals surface area contributed by atoms with Crippen LogP contribution in [0, 0.1) is 30.6 Å². The Morgan fingerprint density at radius 1 is 1.14 bits per heavy atom. The highest BCUT2D eigenvalue weighted by Crippen LogP contribution is 2.55. The van der Waals surface area contributed by atoms with Crippen LogP contribution in [0.5, 0.6) is 0 Å². The number of aryl methyl sites for hydroxylation is 1. The summed E-state index contributed by atoms with van der Waals surface area (Å²) in [5, 5.41) is 6.38. The van der Waals surface area contributed by atoms with Crippen LogP contribution < -0.4 is 10.2 Å². The summed E-state index contributed by atoms with van der Waals surface area (Å²) in [5.41, 5.74) is 2.14. The first-order valence-corrected chi connectivity index (χ1v) is 9.35. The van der Waals surface area contributed by atoms with Crippen molar-refractivity contribution in [3.8, 4) is 0 Å². The monoisotopic (exact) mass is 377 g/mol. The molecule has 4 atom stereocenters. The van der Waals surface area contributed by atoms with Crippen molar-refractivity contribution in [2.75, 3.05) is 10.2 Å². The molecule has 1 aromatic carbocycles. The number of rotatable bonds is 3. The van der Waals surface area contributed by atoms with Crippen molar-refractivity contribution in [2.45, 2.75) is 20.3 Å². The number of fused-ring (bicyclic) bond motifs is 5. The summed E-state index contributed by atoms with van der Waals surface area (Å²) >= 11 is 0. The number of aromatic nitrogens is 1. The molecule has 1 aromatic heterocycles. The van der Waals surface area contributed by atoms with E-state index in [1.807, 2.05) is 6.92 Å². The molecule has 0 radical (unpaired) electrons. The molecule has 1 N–H and O–H groups in total. The van der Waals surface area contributed by atoms with Gasteiger partial charge in [0, 0.05) is 11.6 Å². The molecular formula is C21H19N3O4. The van der Waals surface area contributed by atoms with Crippen molar-refractivity contribution in [1.29, 1.82) is 0 Å². The predicted octanol–water partition coefficient (Wildman–Crippen LogP) is 2.94. The first-order valence-electron chi connectivity index (χ1n) is 9.35. The lowest BCUT2D eigenvalue weighted by Gasteiger charge is -2.19. The molecule has 5 rings (SSSR count). The second kappa shape index (κ2) is 5.89. The third-order valence-electron chi connectivity index (χ3n) is 6.14. The first-order chi connectivity index (χ1) is 13.4. The zero-order valence-corrected chi connectivity index (χ0v) is 15.5. The SMILES string of the molecule is CC1=C[C@H]2C[C@H]1[C@@H]1C(=O)N(c3ccc(C(=O)Nc4cc(C)on4)cc3)C(=O)[C@@H]12. The summed E-state index contributed by atoms with van der Waals surface area (Å²) in [6, 6.07) is 8.11. The number of anilines is 2. The van der Waals surface area contributed by atoms with Gasteiger partial charge in [-0.3, -0.25) is 19.3 Å². The number of carbonyl (C=O) groups excluding carboxylic acids is 3. The zero-order valence-electron chi connectivity index (χ0n) is 15.5. The van der Waals surface area contributed by atoms with Crippen LogP contribution in [0.1, 0.15) is 29.5 Å². The largest absolute Gasteiger partial charge is 0.360 e. The minimum atomic E-state index is -0.339. The summed E-state index contributed by atoms with van der Waals surface area (Å²) in [6.07, 6.45) is 3.06. The zero-order chi connectivity index (χ0) is 19.6. The molecule has 3 amide bonds. The number of benzene rings is 1. The highest BCUT2D eigenvalue weighted by Gasteiger charge is 2.60. The fraction of sp³-hybridized carbons (Fsp3) is 0.333. The fourth-order valence-corrected chi connectivity index (χ4v) is 4.90. The van der Waals surface area contributed by atoms with E-state index in [1.54, 1.807) is 37.3 Å². The second-order valence-electron chi connectivity index (χ2n) is 7.80. The molecule has 2 aliphatic carbocycles. The van der Waals surface area contributed by atoms with Gasteiger partial charge in [0.1, 0.15) is 5.76 Å². The summed E-state index contributed by atoms with van der Waals surface area (Å²) in [7, 11) is 0. The molecule has 1 saturated carbocycles. The number of amides is 3. The normalized spacial score (nSPS) is 27.9. The number of hydrogen-bond acceptors (Lipinski definition) is 5. The van der Waals surface area contributed by atoms with E-state index in [1.165, 1.54) is 10.5 Å². The first kappa shape index (κ1) is 16.9. The van der Waals surface area contributed by atoms with E-state index in [4.69, 9.17) is 4.52 Å². The van der Waals surface area contributed by atoms with Gasteiger partial charge < -0.3 is 9.84 Å². The topological polar surface area (TPSA) is 92.5 Å². The molecule has 1 aliphatic heterocycles. The molecule has 0 unspecified atom stereocenters. The number of carbonyl (C=O) groups is 3. The lowest BCUT2D eigenvalue weighted by molar-refractivity contribution is -0.123. The van der Waals surface area contributed by atoms with Crippen molar-refractivity contribution in [2.24, 2.45) is 23.7 Å². The third-order valence-corrected chi connectivity index (χ3v) is 6.14. The molecule has 28 heavy (non-hydrogen) atoms. The van der Waals surface area contributed by atoms with Crippen LogP contribution >= 0.6 is 0 Å². The number of imide groups is 1. The molecule has 0 spiro atoms. The van der Waals surface area contributed by atoms with Gasteiger partial charge in [-0.2, -0.15) is 0 Å². The molecule has 2 fully saturated rings. The Bertz CT molecular complexity index is 1040. The van der Waals surface area contributed by atoms with Gasteiger partial charge in [0.05, 0.1) is 17.5 Å². The Morgan fingerprint density at radius 3 is 2.54 bits per heavy atom. The Hall–Kier alpha value is -3.22. The van der Waals surface area contributed by atoms with Crippen molar-refractivity contribution in [1.82, 2.24) is 5.16 Å². The lowest BCUT2D eigenvalue weighted by atomic mass is 9.82. The summed E-state index contributed by atoms with van der Waals surface area (Å²) in [5.74, 6) is 0.240. The number of nitrogens with zero attached hydrogens (tertiary/aromatic N) is 2. The van der Waals surface area contributed by atoms with Gasteiger partial charge in [0.15, 0.2) is 5.82 Å². The highest BCUT2D eigenvalue weighted by molar-refractivity contribution is 6.23. The smallest absolute Gasteiger partial charge is 0.256 e. The molecule has 2 aromatic rings. The van der Waals surface area contributed by atoms with Crippen LogP contribution in [0.2, 0.25) is 0 Å². The van der Waals surface area contributed by atoms with Crippen molar-refractivity contribution >= 4 is 29.2 Å². The summed E-state index contributed by atoms with van der Waals surface area (Å²) < 4.78 is 4.93. The van der Waals surface area contributed by atoms with Crippen LogP contribution in [-0.4, -0.2) is 22.9 Å². The average Bonchev–Trinajstić information content (AvgIpc) is 3.40. The number of hydrogen-bond donors (Lipinski definition) is 1. The van der Waals surface area contributed by atoms with Crippen molar-refractivity contribution in [3.63, 3.8) is 0 Å². The number of allylic oxidation sites excluding steroid dienone is 2. The predicted molar refractivity (Wildman–Crippen MR) is 100 cm³/mol. The summed E-state index contributed by atoms with van der Waals surface area (Å²) in [6.45, 7) is 3.78. The average molecular weight is 377 g/mol. The second-order valence-corrected chi connectivity index (χ2v) is 7.80. The standard InChI is InChI=1S/C21H19N3O4/c1-10-7-13-9-15(10)18-17(13)20(26)24(21(18)27)14-5-3-12(4-6-14)19(25)22-16-8-11(2)28-23-16/h3-8,13,15,17-18H,9H2,1-2H3,(H,22,23,25)/t13-,15+,17+,18-/m0/s1. The fourth-order valence-electron chi connectivity index (χ4n) is 4.90. The van der Waals surface area contributed by atoms with Gasteiger partial charge >= 0.3 is 0 Å². The van der Waals surface area contributed by atoms with E-state index in [9.17, 15) is 14.4 Å². The van der Waals surface area contributed by atoms with Crippen LogP contribution in [0.4, 0.5) is 11.5 Å².